The topological polar surface area (TPSA) is 17.1 Å². The van der Waals surface area contributed by atoms with Crippen molar-refractivity contribution < 1.29 is 9.18 Å². The van der Waals surface area contributed by atoms with Crippen LogP contribution in [0, 0.1) is 5.82 Å². The maximum absolute atomic E-state index is 13.3. The van der Waals surface area contributed by atoms with Crippen molar-refractivity contribution in [3.8, 4) is 0 Å². The van der Waals surface area contributed by atoms with Crippen molar-refractivity contribution >= 4 is 17.4 Å². The molecular formula is C20H30ClFO. The number of carbonyl (C=O) groups excluding carboxylic acids is 1. The molecular weight excluding hydrogens is 311 g/mol. The van der Waals surface area contributed by atoms with Crippen LogP contribution in [0.4, 0.5) is 4.39 Å². The predicted molar refractivity (Wildman–Crippen MR) is 96.8 cm³/mol. The lowest BCUT2D eigenvalue weighted by Gasteiger charge is -2.04. The summed E-state index contributed by atoms with van der Waals surface area (Å²) in [5.41, 5.74) is 0.430. The molecule has 0 aromatic heterocycles. The van der Waals surface area contributed by atoms with Crippen molar-refractivity contribution in [2.24, 2.45) is 0 Å². The lowest BCUT2D eigenvalue weighted by atomic mass is 10.0. The molecule has 0 aliphatic carbocycles. The van der Waals surface area contributed by atoms with Gasteiger partial charge in [-0.25, -0.2) is 4.39 Å². The van der Waals surface area contributed by atoms with Gasteiger partial charge in [-0.1, -0.05) is 82.7 Å². The molecule has 0 N–H and O–H groups in total. The minimum atomic E-state index is -0.517. The van der Waals surface area contributed by atoms with Gasteiger partial charge in [0.15, 0.2) is 5.78 Å². The smallest absolute Gasteiger partial charge is 0.162 e. The fraction of sp³-hybridized carbons (Fsp3) is 0.650. The van der Waals surface area contributed by atoms with Crippen molar-refractivity contribution in [3.05, 3.63) is 34.6 Å². The van der Waals surface area contributed by atoms with Gasteiger partial charge >= 0.3 is 0 Å². The zero-order chi connectivity index (χ0) is 16.9. The highest BCUT2D eigenvalue weighted by molar-refractivity contribution is 6.30. The Kier molecular flexibility index (Phi) is 11.0. The van der Waals surface area contributed by atoms with Crippen molar-refractivity contribution in [1.82, 2.24) is 0 Å². The molecule has 1 nitrogen and oxygen atoms in total. The van der Waals surface area contributed by atoms with Gasteiger partial charge in [0, 0.05) is 12.0 Å². The molecule has 0 saturated heterocycles. The first-order valence-electron chi connectivity index (χ1n) is 9.13. The molecule has 0 heterocycles. The summed E-state index contributed by atoms with van der Waals surface area (Å²) in [5, 5.41) is 0.0660. The van der Waals surface area contributed by atoms with Crippen LogP contribution in [0.15, 0.2) is 18.2 Å². The molecule has 0 radical (unpaired) electrons. The lowest BCUT2D eigenvalue weighted by molar-refractivity contribution is 0.0978. The number of hydrogen-bond acceptors (Lipinski definition) is 1. The lowest BCUT2D eigenvalue weighted by Crippen LogP contribution is -1.99. The quantitative estimate of drug-likeness (QED) is 0.270. The predicted octanol–water partition coefficient (Wildman–Crippen LogP) is 7.36. The van der Waals surface area contributed by atoms with E-state index < -0.39 is 5.82 Å². The number of unbranched alkanes of at least 4 members (excludes halogenated alkanes) is 10. The van der Waals surface area contributed by atoms with Gasteiger partial charge in [0.1, 0.15) is 5.82 Å². The molecule has 3 heteroatoms. The van der Waals surface area contributed by atoms with Crippen LogP contribution in [0.1, 0.15) is 94.3 Å². The first kappa shape index (κ1) is 20.2. The van der Waals surface area contributed by atoms with Crippen LogP contribution in [0.25, 0.3) is 0 Å². The number of carbonyl (C=O) groups is 1. The van der Waals surface area contributed by atoms with Crippen LogP contribution >= 0.6 is 11.6 Å². The van der Waals surface area contributed by atoms with E-state index in [1.54, 1.807) is 6.07 Å². The summed E-state index contributed by atoms with van der Waals surface area (Å²) in [6.45, 7) is 2.24. The fourth-order valence-corrected chi connectivity index (χ4v) is 2.88. The second-order valence-electron chi connectivity index (χ2n) is 6.34. The Bertz CT molecular complexity index is 459. The van der Waals surface area contributed by atoms with Crippen LogP contribution in [-0.2, 0) is 0 Å². The summed E-state index contributed by atoms with van der Waals surface area (Å²) in [6.07, 6.45) is 14.4. The SMILES string of the molecule is CCCCCCCCCCCCCC(=O)c1ccc(Cl)c(F)c1. The number of hydrogen-bond donors (Lipinski definition) is 0. The summed E-state index contributed by atoms with van der Waals surface area (Å²) in [7, 11) is 0. The standard InChI is InChI=1S/C20H30ClFO/c1-2-3-4-5-6-7-8-9-10-11-12-13-20(23)17-14-15-18(21)19(22)16-17/h14-16H,2-13H2,1H3. The Hall–Kier alpha value is -0.890. The van der Waals surface area contributed by atoms with Gasteiger partial charge in [-0.15, -0.1) is 0 Å². The molecule has 0 aliphatic rings. The summed E-state index contributed by atoms with van der Waals surface area (Å²) in [6, 6.07) is 4.29. The number of halogens is 2. The van der Waals surface area contributed by atoms with Gasteiger partial charge in [0.2, 0.25) is 0 Å². The number of benzene rings is 1. The van der Waals surface area contributed by atoms with E-state index in [0.29, 0.717) is 12.0 Å². The van der Waals surface area contributed by atoms with Gasteiger partial charge in [-0.05, 0) is 24.6 Å². The first-order chi connectivity index (χ1) is 11.1. The normalized spacial score (nSPS) is 10.9. The van der Waals surface area contributed by atoms with E-state index in [2.05, 4.69) is 6.92 Å². The van der Waals surface area contributed by atoms with Gasteiger partial charge in [0.05, 0.1) is 5.02 Å². The van der Waals surface area contributed by atoms with Crippen LogP contribution < -0.4 is 0 Å². The molecule has 1 aromatic carbocycles. The summed E-state index contributed by atoms with van der Waals surface area (Å²) in [5.74, 6) is -0.507. The van der Waals surface area contributed by atoms with Gasteiger partial charge < -0.3 is 0 Å². The Labute approximate surface area is 145 Å². The Morgan fingerprint density at radius 1 is 0.913 bits per heavy atom. The Morgan fingerprint density at radius 3 is 1.96 bits per heavy atom. The third-order valence-electron chi connectivity index (χ3n) is 4.25. The minimum Gasteiger partial charge on any atom is -0.294 e. The zero-order valence-corrected chi connectivity index (χ0v) is 15.1. The average molecular weight is 341 g/mol. The van der Waals surface area contributed by atoms with Crippen LogP contribution in [-0.4, -0.2) is 5.78 Å². The molecule has 1 aromatic rings. The number of ketones is 1. The van der Waals surface area contributed by atoms with E-state index in [1.165, 1.54) is 69.9 Å². The summed E-state index contributed by atoms with van der Waals surface area (Å²) < 4.78 is 13.3. The van der Waals surface area contributed by atoms with Gasteiger partial charge in [-0.3, -0.25) is 4.79 Å². The van der Waals surface area contributed by atoms with Crippen LogP contribution in [0.2, 0.25) is 5.02 Å². The number of rotatable bonds is 13. The molecule has 0 saturated carbocycles. The third-order valence-corrected chi connectivity index (χ3v) is 4.56. The van der Waals surface area contributed by atoms with E-state index in [9.17, 15) is 9.18 Å². The Morgan fingerprint density at radius 2 is 1.43 bits per heavy atom. The molecule has 0 spiro atoms. The Balaban J connectivity index is 2.00. The maximum Gasteiger partial charge on any atom is 0.162 e. The highest BCUT2D eigenvalue weighted by Gasteiger charge is 2.08. The van der Waals surface area contributed by atoms with Gasteiger partial charge in [0.25, 0.3) is 0 Å². The van der Waals surface area contributed by atoms with Crippen molar-refractivity contribution in [2.75, 3.05) is 0 Å². The fourth-order valence-electron chi connectivity index (χ4n) is 2.76. The summed E-state index contributed by atoms with van der Waals surface area (Å²) in [4.78, 5) is 12.0. The molecule has 23 heavy (non-hydrogen) atoms. The molecule has 0 bridgehead atoms. The van der Waals surface area contributed by atoms with Crippen molar-refractivity contribution in [2.45, 2.75) is 84.0 Å². The molecule has 130 valence electrons. The second kappa shape index (κ2) is 12.5. The van der Waals surface area contributed by atoms with E-state index in [4.69, 9.17) is 11.6 Å². The molecule has 0 fully saturated rings. The largest absolute Gasteiger partial charge is 0.294 e. The third kappa shape index (κ3) is 9.10. The van der Waals surface area contributed by atoms with Gasteiger partial charge in [-0.2, -0.15) is 0 Å². The van der Waals surface area contributed by atoms with Crippen molar-refractivity contribution in [1.29, 1.82) is 0 Å². The van der Waals surface area contributed by atoms with Crippen LogP contribution in [0.5, 0.6) is 0 Å². The van der Waals surface area contributed by atoms with E-state index in [0.717, 1.165) is 12.8 Å². The molecule has 1 rings (SSSR count). The van der Waals surface area contributed by atoms with Crippen LogP contribution in [0.3, 0.4) is 0 Å². The molecule has 0 atom stereocenters. The molecule has 0 amide bonds. The average Bonchev–Trinajstić information content (AvgIpc) is 2.55. The highest BCUT2D eigenvalue weighted by Crippen LogP contribution is 2.18. The first-order valence-corrected chi connectivity index (χ1v) is 9.51. The van der Waals surface area contributed by atoms with E-state index in [-0.39, 0.29) is 10.8 Å². The zero-order valence-electron chi connectivity index (χ0n) is 14.4. The molecule has 0 aliphatic heterocycles. The number of Topliss-reactive ketones (excluding diaryl/α,β-unsaturated/α-hetero) is 1. The van der Waals surface area contributed by atoms with E-state index in [1.807, 2.05) is 0 Å². The van der Waals surface area contributed by atoms with Crippen molar-refractivity contribution in [3.63, 3.8) is 0 Å². The summed E-state index contributed by atoms with van der Waals surface area (Å²) >= 11 is 5.62. The second-order valence-corrected chi connectivity index (χ2v) is 6.74. The monoisotopic (exact) mass is 340 g/mol. The molecule has 0 unspecified atom stereocenters. The minimum absolute atomic E-state index is 0.0106. The highest BCUT2D eigenvalue weighted by atomic mass is 35.5. The van der Waals surface area contributed by atoms with E-state index >= 15 is 0 Å². The maximum atomic E-state index is 13.3.